The van der Waals surface area contributed by atoms with E-state index in [1.165, 1.54) is 0 Å². The van der Waals surface area contributed by atoms with Crippen LogP contribution in [0.25, 0.3) is 0 Å². The number of benzene rings is 1. The molecule has 100 valence electrons. The maximum atomic E-state index is 13.1. The van der Waals surface area contributed by atoms with Crippen LogP contribution in [0.2, 0.25) is 0 Å². The number of carbonyl (C=O) groups excluding carboxylic acids is 1. The summed E-state index contributed by atoms with van der Waals surface area (Å²) in [6, 6.07) is 1.44. The fourth-order valence-electron chi connectivity index (χ4n) is 1.24. The normalized spacial score (nSPS) is 9.37. The molecule has 7 heteroatoms. The Balaban J connectivity index is 2.99. The standard InChI is InChI=1S/C12H10FNO5/c1-2-19-11(15)5-3-4-8-6-9(13)7-10(12(8)16)14(17)18/h6-7,16H,2,5H2,1H3. The number of rotatable bonds is 3. The molecule has 1 rings (SSSR count). The Hall–Kier alpha value is -2.62. The lowest BCUT2D eigenvalue weighted by molar-refractivity contribution is -0.386. The fraction of sp³-hybridized carbons (Fsp3) is 0.250. The zero-order chi connectivity index (χ0) is 14.4. The maximum absolute atomic E-state index is 13.1. The summed E-state index contributed by atoms with van der Waals surface area (Å²) in [4.78, 5) is 20.6. The van der Waals surface area contributed by atoms with Crippen LogP contribution in [0.1, 0.15) is 18.9 Å². The number of hydrogen-bond donors (Lipinski definition) is 1. The number of aromatic hydroxyl groups is 1. The molecule has 0 aliphatic carbocycles. The van der Waals surface area contributed by atoms with Crippen LogP contribution in [-0.4, -0.2) is 22.6 Å². The molecule has 0 unspecified atom stereocenters. The van der Waals surface area contributed by atoms with Gasteiger partial charge in [0.25, 0.3) is 0 Å². The molecule has 0 atom stereocenters. The van der Waals surface area contributed by atoms with Crippen molar-refractivity contribution in [2.24, 2.45) is 0 Å². The van der Waals surface area contributed by atoms with Gasteiger partial charge in [-0.2, -0.15) is 0 Å². The van der Waals surface area contributed by atoms with Crippen LogP contribution in [0.4, 0.5) is 10.1 Å². The van der Waals surface area contributed by atoms with E-state index in [1.54, 1.807) is 6.92 Å². The third kappa shape index (κ3) is 3.96. The van der Waals surface area contributed by atoms with Crippen LogP contribution in [0.15, 0.2) is 12.1 Å². The fourth-order valence-corrected chi connectivity index (χ4v) is 1.24. The highest BCUT2D eigenvalue weighted by molar-refractivity contribution is 5.72. The Bertz CT molecular complexity index is 573. The van der Waals surface area contributed by atoms with Crippen LogP contribution in [0.5, 0.6) is 5.75 Å². The number of hydrogen-bond acceptors (Lipinski definition) is 5. The second-order valence-corrected chi connectivity index (χ2v) is 3.36. The van der Waals surface area contributed by atoms with Crippen LogP contribution in [-0.2, 0) is 9.53 Å². The van der Waals surface area contributed by atoms with Gasteiger partial charge in [-0.3, -0.25) is 14.9 Å². The minimum Gasteiger partial charge on any atom is -0.501 e. The Kier molecular flexibility index (Phi) is 4.83. The first-order valence-electron chi connectivity index (χ1n) is 5.27. The third-order valence-electron chi connectivity index (χ3n) is 2.01. The molecule has 19 heavy (non-hydrogen) atoms. The van der Waals surface area contributed by atoms with Gasteiger partial charge in [0.2, 0.25) is 5.75 Å². The van der Waals surface area contributed by atoms with Gasteiger partial charge >= 0.3 is 11.7 Å². The summed E-state index contributed by atoms with van der Waals surface area (Å²) >= 11 is 0. The van der Waals surface area contributed by atoms with Crippen molar-refractivity contribution in [3.8, 4) is 17.6 Å². The van der Waals surface area contributed by atoms with Crippen molar-refractivity contribution in [2.45, 2.75) is 13.3 Å². The van der Waals surface area contributed by atoms with Gasteiger partial charge in [-0.25, -0.2) is 4.39 Å². The molecule has 0 aliphatic rings. The van der Waals surface area contributed by atoms with E-state index < -0.39 is 28.1 Å². The molecule has 0 spiro atoms. The van der Waals surface area contributed by atoms with E-state index in [2.05, 4.69) is 16.6 Å². The minimum atomic E-state index is -0.922. The summed E-state index contributed by atoms with van der Waals surface area (Å²) in [5.41, 5.74) is -1.03. The first-order chi connectivity index (χ1) is 8.95. The third-order valence-corrected chi connectivity index (χ3v) is 2.01. The summed E-state index contributed by atoms with van der Waals surface area (Å²) in [6.07, 6.45) is -0.252. The van der Waals surface area contributed by atoms with Crippen molar-refractivity contribution >= 4 is 11.7 Å². The quantitative estimate of drug-likeness (QED) is 0.390. The number of nitro benzene ring substituents is 1. The van der Waals surface area contributed by atoms with Crippen LogP contribution in [0, 0.1) is 27.8 Å². The van der Waals surface area contributed by atoms with Crippen LogP contribution in [0.3, 0.4) is 0 Å². The van der Waals surface area contributed by atoms with Crippen molar-refractivity contribution in [1.82, 2.24) is 0 Å². The molecule has 0 aliphatic heterocycles. The van der Waals surface area contributed by atoms with Gasteiger partial charge in [0, 0.05) is 0 Å². The van der Waals surface area contributed by atoms with E-state index in [9.17, 15) is 24.4 Å². The van der Waals surface area contributed by atoms with Crippen molar-refractivity contribution < 1.29 is 24.0 Å². The van der Waals surface area contributed by atoms with Gasteiger partial charge in [0.15, 0.2) is 0 Å². The van der Waals surface area contributed by atoms with Gasteiger partial charge in [-0.05, 0) is 13.0 Å². The SMILES string of the molecule is CCOC(=O)CC#Cc1cc(F)cc([N+](=O)[O-])c1O. The first-order valence-corrected chi connectivity index (χ1v) is 5.27. The topological polar surface area (TPSA) is 89.7 Å². The highest BCUT2D eigenvalue weighted by Gasteiger charge is 2.18. The van der Waals surface area contributed by atoms with Crippen molar-refractivity contribution in [1.29, 1.82) is 0 Å². The molecule has 1 aromatic rings. The number of phenols is 1. The molecule has 1 aromatic carbocycles. The van der Waals surface area contributed by atoms with Crippen LogP contribution < -0.4 is 0 Å². The number of phenolic OH excluding ortho intramolecular Hbond substituents is 1. The van der Waals surface area contributed by atoms with Gasteiger partial charge in [-0.1, -0.05) is 11.8 Å². The largest absolute Gasteiger partial charge is 0.501 e. The van der Waals surface area contributed by atoms with Crippen molar-refractivity contribution in [2.75, 3.05) is 6.61 Å². The predicted molar refractivity (Wildman–Crippen MR) is 62.8 cm³/mol. The van der Waals surface area contributed by atoms with Gasteiger partial charge in [0.1, 0.15) is 12.2 Å². The molecule has 6 nitrogen and oxygen atoms in total. The lowest BCUT2D eigenvalue weighted by Gasteiger charge is -1.99. The second kappa shape index (κ2) is 6.35. The highest BCUT2D eigenvalue weighted by atomic mass is 19.1. The van der Waals surface area contributed by atoms with E-state index in [0.29, 0.717) is 6.07 Å². The maximum Gasteiger partial charge on any atom is 0.317 e. The number of nitro groups is 1. The molecular weight excluding hydrogens is 257 g/mol. The van der Waals surface area contributed by atoms with Gasteiger partial charge < -0.3 is 9.84 Å². The Labute approximate surface area is 108 Å². The lowest BCUT2D eigenvalue weighted by atomic mass is 10.1. The number of esters is 1. The summed E-state index contributed by atoms with van der Waals surface area (Å²) in [7, 11) is 0. The molecule has 0 aromatic heterocycles. The average molecular weight is 267 g/mol. The molecule has 1 N–H and O–H groups in total. The summed E-state index contributed by atoms with van der Waals surface area (Å²) in [5, 5.41) is 20.1. The molecule has 0 fully saturated rings. The molecule has 0 radical (unpaired) electrons. The first kappa shape index (κ1) is 14.4. The molecule has 0 heterocycles. The van der Waals surface area contributed by atoms with Gasteiger partial charge in [0.05, 0.1) is 23.2 Å². The van der Waals surface area contributed by atoms with E-state index in [4.69, 9.17) is 0 Å². The molecular formula is C12H10FNO5. The van der Waals surface area contributed by atoms with Crippen molar-refractivity contribution in [3.05, 3.63) is 33.6 Å². The molecule has 0 saturated heterocycles. The zero-order valence-electron chi connectivity index (χ0n) is 9.97. The Morgan fingerprint density at radius 1 is 1.58 bits per heavy atom. The molecule has 0 bridgehead atoms. The summed E-state index contributed by atoms with van der Waals surface area (Å²) in [5.74, 6) is 2.44. The minimum absolute atomic E-state index is 0.206. The van der Waals surface area contributed by atoms with E-state index in [1.807, 2.05) is 0 Å². The van der Waals surface area contributed by atoms with E-state index in [0.717, 1.165) is 6.07 Å². The summed E-state index contributed by atoms with van der Waals surface area (Å²) < 4.78 is 17.7. The number of halogens is 1. The van der Waals surface area contributed by atoms with E-state index >= 15 is 0 Å². The Morgan fingerprint density at radius 3 is 2.84 bits per heavy atom. The van der Waals surface area contributed by atoms with Crippen molar-refractivity contribution in [3.63, 3.8) is 0 Å². The van der Waals surface area contributed by atoms with E-state index in [-0.39, 0.29) is 18.6 Å². The number of nitrogens with zero attached hydrogens (tertiary/aromatic N) is 1. The molecule has 0 amide bonds. The van der Waals surface area contributed by atoms with Crippen LogP contribution >= 0.6 is 0 Å². The highest BCUT2D eigenvalue weighted by Crippen LogP contribution is 2.30. The number of carbonyl (C=O) groups is 1. The zero-order valence-corrected chi connectivity index (χ0v) is 9.97. The lowest BCUT2D eigenvalue weighted by Crippen LogP contribution is -2.01. The summed E-state index contributed by atoms with van der Waals surface area (Å²) in [6.45, 7) is 1.84. The second-order valence-electron chi connectivity index (χ2n) is 3.36. The average Bonchev–Trinajstić information content (AvgIpc) is 2.33. The Morgan fingerprint density at radius 2 is 2.26 bits per heavy atom. The predicted octanol–water partition coefficient (Wildman–Crippen LogP) is 1.74. The number of ether oxygens (including phenoxy) is 1. The monoisotopic (exact) mass is 267 g/mol. The van der Waals surface area contributed by atoms with Gasteiger partial charge in [-0.15, -0.1) is 0 Å². The molecule has 0 saturated carbocycles. The smallest absolute Gasteiger partial charge is 0.317 e.